The molecule has 2 rings (SSSR count). The molecule has 0 aliphatic rings. The van der Waals surface area contributed by atoms with Crippen LogP contribution in [0.4, 0.5) is 8.78 Å². The van der Waals surface area contributed by atoms with Crippen molar-refractivity contribution in [2.45, 2.75) is 38.8 Å². The summed E-state index contributed by atoms with van der Waals surface area (Å²) >= 11 is 0. The Labute approximate surface area is 105 Å². The van der Waals surface area contributed by atoms with E-state index in [1.54, 1.807) is 4.57 Å². The number of nitrogens with two attached hydrogens (primary N) is 1. The van der Waals surface area contributed by atoms with Crippen molar-refractivity contribution in [2.24, 2.45) is 5.73 Å². The number of hydrogen-bond acceptors (Lipinski definition) is 1. The lowest BCUT2D eigenvalue weighted by Crippen LogP contribution is -2.21. The van der Waals surface area contributed by atoms with Crippen molar-refractivity contribution in [3.63, 3.8) is 0 Å². The Morgan fingerprint density at radius 2 is 2.00 bits per heavy atom. The van der Waals surface area contributed by atoms with Gasteiger partial charge in [-0.25, -0.2) is 8.78 Å². The molecule has 98 valence electrons. The van der Waals surface area contributed by atoms with Gasteiger partial charge in [-0.15, -0.1) is 0 Å². The maximum absolute atomic E-state index is 12.5. The number of nitrogens with zero attached hydrogens (tertiary/aromatic N) is 1. The lowest BCUT2D eigenvalue weighted by atomic mass is 10.0. The first-order valence-electron chi connectivity index (χ1n) is 6.22. The number of alkyl halides is 2. The average molecular weight is 252 g/mol. The highest BCUT2D eigenvalue weighted by atomic mass is 19.3. The average Bonchev–Trinajstić information content (AvgIpc) is 2.67. The summed E-state index contributed by atoms with van der Waals surface area (Å²) < 4.78 is 26.7. The van der Waals surface area contributed by atoms with E-state index in [9.17, 15) is 8.78 Å². The van der Waals surface area contributed by atoms with Gasteiger partial charge in [0, 0.05) is 23.1 Å². The van der Waals surface area contributed by atoms with Crippen molar-refractivity contribution in [3.8, 4) is 0 Å². The molecule has 0 saturated carbocycles. The molecule has 0 fully saturated rings. The molecule has 1 unspecified atom stereocenters. The van der Waals surface area contributed by atoms with Crippen molar-refractivity contribution in [3.05, 3.63) is 36.0 Å². The first-order chi connectivity index (χ1) is 8.61. The van der Waals surface area contributed by atoms with Crippen molar-refractivity contribution in [1.82, 2.24) is 4.57 Å². The quantitative estimate of drug-likeness (QED) is 0.870. The zero-order valence-electron chi connectivity index (χ0n) is 10.4. The van der Waals surface area contributed by atoms with Crippen LogP contribution in [0.1, 0.15) is 18.9 Å². The van der Waals surface area contributed by atoms with Crippen molar-refractivity contribution < 1.29 is 8.78 Å². The minimum absolute atomic E-state index is 0.0795. The van der Waals surface area contributed by atoms with Crippen LogP contribution >= 0.6 is 0 Å². The molecule has 0 aliphatic heterocycles. The van der Waals surface area contributed by atoms with E-state index >= 15 is 0 Å². The monoisotopic (exact) mass is 252 g/mol. The molecule has 2 nitrogen and oxygen atoms in total. The van der Waals surface area contributed by atoms with E-state index in [0.717, 1.165) is 29.3 Å². The molecule has 1 heterocycles. The summed E-state index contributed by atoms with van der Waals surface area (Å²) in [5, 5.41) is 1.03. The van der Waals surface area contributed by atoms with E-state index < -0.39 is 6.43 Å². The van der Waals surface area contributed by atoms with Crippen LogP contribution in [-0.2, 0) is 13.0 Å². The van der Waals surface area contributed by atoms with Gasteiger partial charge in [0.1, 0.15) is 0 Å². The molecule has 2 aromatic rings. The van der Waals surface area contributed by atoms with Crippen LogP contribution in [-0.4, -0.2) is 17.0 Å². The number of rotatable bonds is 5. The van der Waals surface area contributed by atoms with Crippen LogP contribution in [0.5, 0.6) is 0 Å². The normalized spacial score (nSPS) is 13.4. The van der Waals surface area contributed by atoms with E-state index in [1.165, 1.54) is 0 Å². The molecule has 0 saturated heterocycles. The van der Waals surface area contributed by atoms with Gasteiger partial charge in [0.25, 0.3) is 6.43 Å². The number of benzene rings is 1. The fourth-order valence-electron chi connectivity index (χ4n) is 2.21. The first kappa shape index (κ1) is 13.0. The minimum Gasteiger partial charge on any atom is -0.341 e. The third-order valence-electron chi connectivity index (χ3n) is 3.21. The molecular formula is C14H18F2N2. The van der Waals surface area contributed by atoms with Crippen LogP contribution < -0.4 is 5.73 Å². The summed E-state index contributed by atoms with van der Waals surface area (Å²) in [5.74, 6) is 0. The van der Waals surface area contributed by atoms with Gasteiger partial charge >= 0.3 is 0 Å². The van der Waals surface area contributed by atoms with Crippen LogP contribution in [0.15, 0.2) is 30.5 Å². The largest absolute Gasteiger partial charge is 0.341 e. The van der Waals surface area contributed by atoms with Gasteiger partial charge in [0.15, 0.2) is 0 Å². The number of fused-ring (bicyclic) bond motifs is 1. The lowest BCUT2D eigenvalue weighted by Gasteiger charge is -2.06. The zero-order valence-corrected chi connectivity index (χ0v) is 10.4. The number of hydrogen-bond donors (Lipinski definition) is 1. The first-order valence-corrected chi connectivity index (χ1v) is 6.22. The van der Waals surface area contributed by atoms with Crippen LogP contribution in [0.3, 0.4) is 0 Å². The standard InChI is InChI=1S/C14H18F2N2/c1-2-11(17)7-10-8-18(9-14(15)16)13-6-4-3-5-12(10)13/h3-6,8,11,14H,2,7,9,17H2,1H3. The van der Waals surface area contributed by atoms with Gasteiger partial charge in [-0.3, -0.25) is 0 Å². The van der Waals surface area contributed by atoms with Gasteiger partial charge in [-0.2, -0.15) is 0 Å². The Hall–Kier alpha value is -1.42. The number of halogens is 2. The summed E-state index contributed by atoms with van der Waals surface area (Å²) in [6, 6.07) is 7.72. The second kappa shape index (κ2) is 5.48. The van der Waals surface area contributed by atoms with Crippen LogP contribution in [0, 0.1) is 0 Å². The van der Waals surface area contributed by atoms with Gasteiger partial charge in [-0.05, 0) is 24.5 Å². The van der Waals surface area contributed by atoms with Crippen molar-refractivity contribution >= 4 is 10.9 Å². The maximum atomic E-state index is 12.5. The van der Waals surface area contributed by atoms with Gasteiger partial charge in [0.05, 0.1) is 6.54 Å². The second-order valence-corrected chi connectivity index (χ2v) is 4.59. The smallest absolute Gasteiger partial charge is 0.256 e. The Kier molecular flexibility index (Phi) is 3.97. The molecular weight excluding hydrogens is 234 g/mol. The molecule has 1 atom stereocenters. The van der Waals surface area contributed by atoms with Crippen LogP contribution in [0.25, 0.3) is 10.9 Å². The fraction of sp³-hybridized carbons (Fsp3) is 0.429. The third kappa shape index (κ3) is 2.70. The molecule has 1 aromatic carbocycles. The van der Waals surface area contributed by atoms with E-state index in [4.69, 9.17) is 5.73 Å². The fourth-order valence-corrected chi connectivity index (χ4v) is 2.21. The Morgan fingerprint density at radius 3 is 2.67 bits per heavy atom. The molecule has 0 amide bonds. The molecule has 0 bridgehead atoms. The number of aromatic nitrogens is 1. The van der Waals surface area contributed by atoms with E-state index in [0.29, 0.717) is 0 Å². The summed E-state index contributed by atoms with van der Waals surface area (Å²) in [4.78, 5) is 0. The van der Waals surface area contributed by atoms with Gasteiger partial charge in [0.2, 0.25) is 0 Å². The highest BCUT2D eigenvalue weighted by Crippen LogP contribution is 2.23. The molecule has 1 aromatic heterocycles. The second-order valence-electron chi connectivity index (χ2n) is 4.59. The maximum Gasteiger partial charge on any atom is 0.256 e. The van der Waals surface area contributed by atoms with E-state index in [1.807, 2.05) is 37.4 Å². The van der Waals surface area contributed by atoms with Crippen molar-refractivity contribution in [1.29, 1.82) is 0 Å². The van der Waals surface area contributed by atoms with Gasteiger partial charge < -0.3 is 10.3 Å². The Balaban J connectivity index is 2.40. The molecule has 0 aliphatic carbocycles. The third-order valence-corrected chi connectivity index (χ3v) is 3.21. The highest BCUT2D eigenvalue weighted by Gasteiger charge is 2.13. The number of para-hydroxylation sites is 1. The summed E-state index contributed by atoms with van der Waals surface area (Å²) in [6.07, 6.45) is 1.09. The summed E-state index contributed by atoms with van der Waals surface area (Å²) in [6.45, 7) is 1.77. The lowest BCUT2D eigenvalue weighted by molar-refractivity contribution is 0.128. The van der Waals surface area contributed by atoms with Crippen LogP contribution in [0.2, 0.25) is 0 Å². The zero-order chi connectivity index (χ0) is 13.1. The minimum atomic E-state index is -2.34. The van der Waals surface area contributed by atoms with E-state index in [-0.39, 0.29) is 12.6 Å². The Bertz CT molecular complexity index is 519. The van der Waals surface area contributed by atoms with E-state index in [2.05, 4.69) is 0 Å². The topological polar surface area (TPSA) is 30.9 Å². The van der Waals surface area contributed by atoms with Gasteiger partial charge in [-0.1, -0.05) is 25.1 Å². The predicted molar refractivity (Wildman–Crippen MR) is 69.9 cm³/mol. The summed E-state index contributed by atoms with van der Waals surface area (Å²) in [7, 11) is 0. The van der Waals surface area contributed by atoms with Crippen molar-refractivity contribution in [2.75, 3.05) is 0 Å². The predicted octanol–water partition coefficient (Wildman–Crippen LogP) is 3.19. The summed E-state index contributed by atoms with van der Waals surface area (Å²) in [5.41, 5.74) is 7.86. The highest BCUT2D eigenvalue weighted by molar-refractivity contribution is 5.84. The molecule has 0 spiro atoms. The molecule has 4 heteroatoms. The molecule has 0 radical (unpaired) electrons. The Morgan fingerprint density at radius 1 is 1.28 bits per heavy atom. The SMILES string of the molecule is CCC(N)Cc1cn(CC(F)F)c2ccccc12. The molecule has 2 N–H and O–H groups in total. The molecule has 18 heavy (non-hydrogen) atoms.